The summed E-state index contributed by atoms with van der Waals surface area (Å²) >= 11 is 0. The number of nitrogens with two attached hydrogens (primary N) is 1. The second-order valence-corrected chi connectivity index (χ2v) is 6.53. The van der Waals surface area contributed by atoms with Crippen LogP contribution in [0.15, 0.2) is 54.6 Å². The Morgan fingerprint density at radius 3 is 2.69 bits per heavy atom. The topological polar surface area (TPSA) is 55.6 Å². The Bertz CT molecular complexity index is 691. The zero-order valence-electron chi connectivity index (χ0n) is 15.0. The average molecular weight is 375 g/mol. The summed E-state index contributed by atoms with van der Waals surface area (Å²) in [6, 6.07) is 17.8. The third-order valence-electron chi connectivity index (χ3n) is 4.72. The van der Waals surface area contributed by atoms with Gasteiger partial charge in [0.1, 0.15) is 12.4 Å². The van der Waals surface area contributed by atoms with Crippen LogP contribution in [0.1, 0.15) is 41.6 Å². The van der Waals surface area contributed by atoms with Crippen molar-refractivity contribution in [1.29, 1.82) is 0 Å². The van der Waals surface area contributed by atoms with Crippen molar-refractivity contribution in [3.8, 4) is 5.75 Å². The smallest absolute Gasteiger partial charge is 0.254 e. The van der Waals surface area contributed by atoms with Crippen LogP contribution in [0.5, 0.6) is 5.75 Å². The molecule has 2 aromatic rings. The predicted octanol–water partition coefficient (Wildman–Crippen LogP) is 4.03. The molecule has 2 N–H and O–H groups in total. The molecule has 4 nitrogen and oxygen atoms in total. The molecule has 0 spiro atoms. The normalized spacial score (nSPS) is 16.7. The number of carbonyl (C=O) groups is 1. The molecule has 5 heteroatoms. The van der Waals surface area contributed by atoms with Crippen LogP contribution in [-0.4, -0.2) is 29.9 Å². The summed E-state index contributed by atoms with van der Waals surface area (Å²) in [7, 11) is 0. The lowest BCUT2D eigenvalue weighted by Crippen LogP contribution is -2.44. The highest BCUT2D eigenvalue weighted by atomic mass is 35.5. The number of hydrogen-bond acceptors (Lipinski definition) is 3. The van der Waals surface area contributed by atoms with Crippen LogP contribution in [0.3, 0.4) is 0 Å². The van der Waals surface area contributed by atoms with E-state index in [4.69, 9.17) is 10.5 Å². The fourth-order valence-electron chi connectivity index (χ4n) is 3.39. The number of likely N-dealkylation sites (tertiary alicyclic amines) is 1. The monoisotopic (exact) mass is 374 g/mol. The molecule has 1 aliphatic rings. The number of halogens is 1. The Hall–Kier alpha value is -2.04. The van der Waals surface area contributed by atoms with E-state index in [2.05, 4.69) is 0 Å². The first-order chi connectivity index (χ1) is 12.3. The quantitative estimate of drug-likeness (QED) is 0.830. The molecule has 0 radical (unpaired) electrons. The van der Waals surface area contributed by atoms with Crippen LogP contribution in [-0.2, 0) is 6.61 Å². The second kappa shape index (κ2) is 10.2. The van der Waals surface area contributed by atoms with Gasteiger partial charge in [-0.25, -0.2) is 0 Å². The number of rotatable bonds is 6. The maximum absolute atomic E-state index is 12.9. The molecule has 2 aromatic carbocycles. The van der Waals surface area contributed by atoms with Crippen LogP contribution in [0.2, 0.25) is 0 Å². The van der Waals surface area contributed by atoms with Crippen molar-refractivity contribution >= 4 is 18.3 Å². The Balaban J connectivity index is 0.00000243. The predicted molar refractivity (Wildman–Crippen MR) is 107 cm³/mol. The van der Waals surface area contributed by atoms with Gasteiger partial charge in [0.25, 0.3) is 5.91 Å². The number of amides is 1. The number of carbonyl (C=O) groups excluding carboxylic acids is 1. The lowest BCUT2D eigenvalue weighted by atomic mass is 9.98. The molecular formula is C21H27ClN2O2. The fourth-order valence-corrected chi connectivity index (χ4v) is 3.39. The number of hydrogen-bond donors (Lipinski definition) is 1. The van der Waals surface area contributed by atoms with Gasteiger partial charge in [-0.3, -0.25) is 4.79 Å². The minimum atomic E-state index is 0. The van der Waals surface area contributed by atoms with Gasteiger partial charge in [0.15, 0.2) is 0 Å². The molecule has 0 aromatic heterocycles. The first-order valence-electron chi connectivity index (χ1n) is 9.06. The van der Waals surface area contributed by atoms with Crippen molar-refractivity contribution in [3.63, 3.8) is 0 Å². The molecule has 26 heavy (non-hydrogen) atoms. The van der Waals surface area contributed by atoms with E-state index in [0.717, 1.165) is 37.1 Å². The summed E-state index contributed by atoms with van der Waals surface area (Å²) in [6.07, 6.45) is 4.16. The van der Waals surface area contributed by atoms with E-state index in [9.17, 15) is 4.79 Å². The molecule has 0 bridgehead atoms. The highest BCUT2D eigenvalue weighted by Crippen LogP contribution is 2.23. The molecule has 140 valence electrons. The number of benzene rings is 2. The number of piperidine rings is 1. The standard InChI is InChI=1S/C21H26N2O2.ClH/c22-13-12-19-10-4-5-14-23(19)21(24)18-9-6-11-20(15-18)25-16-17-7-2-1-3-8-17;/h1-3,6-9,11,15,19H,4-5,10,12-14,16,22H2;1H. The molecule has 0 saturated carbocycles. The molecular weight excluding hydrogens is 348 g/mol. The summed E-state index contributed by atoms with van der Waals surface area (Å²) in [5.41, 5.74) is 7.52. The van der Waals surface area contributed by atoms with Crippen LogP contribution < -0.4 is 10.5 Å². The van der Waals surface area contributed by atoms with Crippen LogP contribution >= 0.6 is 12.4 Å². The summed E-state index contributed by atoms with van der Waals surface area (Å²) < 4.78 is 5.85. The SMILES string of the molecule is Cl.NCCC1CCCCN1C(=O)c1cccc(OCc2ccccc2)c1. The highest BCUT2D eigenvalue weighted by molar-refractivity contribution is 5.94. The Morgan fingerprint density at radius 2 is 1.92 bits per heavy atom. The molecule has 1 saturated heterocycles. The van der Waals surface area contributed by atoms with Gasteiger partial charge in [-0.05, 0) is 56.0 Å². The third kappa shape index (κ3) is 5.23. The van der Waals surface area contributed by atoms with Crippen LogP contribution in [0.4, 0.5) is 0 Å². The molecule has 1 atom stereocenters. The lowest BCUT2D eigenvalue weighted by Gasteiger charge is -2.35. The van der Waals surface area contributed by atoms with E-state index in [0.29, 0.717) is 18.7 Å². The van der Waals surface area contributed by atoms with Crippen molar-refractivity contribution in [2.24, 2.45) is 5.73 Å². The second-order valence-electron chi connectivity index (χ2n) is 6.53. The van der Waals surface area contributed by atoms with Crippen molar-refractivity contribution in [2.75, 3.05) is 13.1 Å². The Morgan fingerprint density at radius 1 is 1.12 bits per heavy atom. The first-order valence-corrected chi connectivity index (χ1v) is 9.06. The molecule has 1 heterocycles. The molecule has 3 rings (SSSR count). The van der Waals surface area contributed by atoms with E-state index in [1.807, 2.05) is 59.5 Å². The molecule has 1 amide bonds. The zero-order valence-corrected chi connectivity index (χ0v) is 15.8. The van der Waals surface area contributed by atoms with E-state index < -0.39 is 0 Å². The first kappa shape index (κ1) is 20.3. The van der Waals surface area contributed by atoms with Gasteiger partial charge in [-0.2, -0.15) is 0 Å². The van der Waals surface area contributed by atoms with E-state index in [1.165, 1.54) is 6.42 Å². The van der Waals surface area contributed by atoms with Gasteiger partial charge in [0.2, 0.25) is 0 Å². The van der Waals surface area contributed by atoms with Gasteiger partial charge in [-0.1, -0.05) is 36.4 Å². The maximum atomic E-state index is 12.9. The summed E-state index contributed by atoms with van der Waals surface area (Å²) in [6.45, 7) is 1.94. The summed E-state index contributed by atoms with van der Waals surface area (Å²) in [4.78, 5) is 14.9. The van der Waals surface area contributed by atoms with Gasteiger partial charge in [-0.15, -0.1) is 12.4 Å². The van der Waals surface area contributed by atoms with Crippen LogP contribution in [0.25, 0.3) is 0 Å². The summed E-state index contributed by atoms with van der Waals surface area (Å²) in [5.74, 6) is 0.811. The minimum Gasteiger partial charge on any atom is -0.489 e. The van der Waals surface area contributed by atoms with Gasteiger partial charge >= 0.3 is 0 Å². The highest BCUT2D eigenvalue weighted by Gasteiger charge is 2.26. The lowest BCUT2D eigenvalue weighted by molar-refractivity contribution is 0.0604. The average Bonchev–Trinajstić information content (AvgIpc) is 2.68. The van der Waals surface area contributed by atoms with Crippen molar-refractivity contribution in [2.45, 2.75) is 38.3 Å². The number of nitrogens with zero attached hydrogens (tertiary/aromatic N) is 1. The largest absolute Gasteiger partial charge is 0.489 e. The van der Waals surface area contributed by atoms with Crippen molar-refractivity contribution in [3.05, 3.63) is 65.7 Å². The van der Waals surface area contributed by atoms with E-state index >= 15 is 0 Å². The Kier molecular flexibility index (Phi) is 7.95. The third-order valence-corrected chi connectivity index (χ3v) is 4.72. The number of ether oxygens (including phenoxy) is 1. The Labute approximate surface area is 161 Å². The van der Waals surface area contributed by atoms with Crippen LogP contribution in [0, 0.1) is 0 Å². The van der Waals surface area contributed by atoms with Gasteiger partial charge in [0.05, 0.1) is 0 Å². The van der Waals surface area contributed by atoms with Crippen molar-refractivity contribution in [1.82, 2.24) is 4.90 Å². The van der Waals surface area contributed by atoms with Gasteiger partial charge in [0, 0.05) is 18.2 Å². The fraction of sp³-hybridized carbons (Fsp3) is 0.381. The van der Waals surface area contributed by atoms with E-state index in [1.54, 1.807) is 0 Å². The zero-order chi connectivity index (χ0) is 17.5. The molecule has 1 unspecified atom stereocenters. The van der Waals surface area contributed by atoms with E-state index in [-0.39, 0.29) is 24.4 Å². The molecule has 1 fully saturated rings. The van der Waals surface area contributed by atoms with Gasteiger partial charge < -0.3 is 15.4 Å². The molecule has 0 aliphatic carbocycles. The summed E-state index contributed by atoms with van der Waals surface area (Å²) in [5, 5.41) is 0. The maximum Gasteiger partial charge on any atom is 0.254 e. The minimum absolute atomic E-state index is 0. The molecule has 1 aliphatic heterocycles. The van der Waals surface area contributed by atoms with Crippen molar-refractivity contribution < 1.29 is 9.53 Å².